The lowest BCUT2D eigenvalue weighted by atomic mass is 10.3. The highest BCUT2D eigenvalue weighted by atomic mass is 79.9. The predicted molar refractivity (Wildman–Crippen MR) is 85.1 cm³/mol. The smallest absolute Gasteiger partial charge is 0.131 e. The molecule has 2 heterocycles. The van der Waals surface area contributed by atoms with E-state index in [0.717, 1.165) is 25.2 Å². The van der Waals surface area contributed by atoms with Gasteiger partial charge in [0, 0.05) is 14.3 Å². The van der Waals surface area contributed by atoms with E-state index >= 15 is 0 Å². The van der Waals surface area contributed by atoms with E-state index < -0.39 is 0 Å². The van der Waals surface area contributed by atoms with Gasteiger partial charge in [-0.15, -0.1) is 0 Å². The molecule has 3 N–H and O–H groups in total. The van der Waals surface area contributed by atoms with Gasteiger partial charge in [-0.25, -0.2) is 0 Å². The zero-order chi connectivity index (χ0) is 13.9. The Bertz CT molecular complexity index is 870. The largest absolute Gasteiger partial charge is 0.278 e. The summed E-state index contributed by atoms with van der Waals surface area (Å²) in [7, 11) is 0. The minimum atomic E-state index is 1.06. The van der Waals surface area contributed by atoms with E-state index in [0.29, 0.717) is 0 Å². The minimum absolute atomic E-state index is 1.06. The van der Waals surface area contributed by atoms with Crippen LogP contribution in [0.15, 0.2) is 56.6 Å². The molecule has 1 aliphatic rings. The number of benzene rings is 2. The van der Waals surface area contributed by atoms with E-state index in [1.807, 2.05) is 42.0 Å². The Morgan fingerprint density at radius 1 is 1.00 bits per heavy atom. The number of halogens is 2. The van der Waals surface area contributed by atoms with Crippen LogP contribution in [-0.2, 0) is 0 Å². The molecule has 2 aromatic carbocycles. The molecule has 0 aliphatic carbocycles. The Kier molecular flexibility index (Phi) is 3.95. The van der Waals surface area contributed by atoms with E-state index in [1.165, 1.54) is 5.22 Å². The predicted octanol–water partition coefficient (Wildman–Crippen LogP) is 1.62. The topological polar surface area (TPSA) is 57.6 Å². The molecule has 20 heavy (non-hydrogen) atoms. The third-order valence-electron chi connectivity index (χ3n) is 2.86. The third-order valence-corrected chi connectivity index (χ3v) is 3.85. The zero-order valence-corrected chi connectivity index (χ0v) is 13.5. The molecule has 0 saturated heterocycles. The van der Waals surface area contributed by atoms with Crippen molar-refractivity contribution in [2.45, 2.75) is 0 Å². The number of aromatic amines is 1. The molecule has 4 rings (SSSR count). The van der Waals surface area contributed by atoms with Crippen LogP contribution in [0.1, 0.15) is 0 Å². The lowest BCUT2D eigenvalue weighted by molar-refractivity contribution is -0.559. The second-order valence-corrected chi connectivity index (χ2v) is 6.08. The van der Waals surface area contributed by atoms with Crippen LogP contribution in [0, 0.1) is 0 Å². The number of nitrogens with zero attached hydrogens (tertiary/aromatic N) is 2. The Morgan fingerprint density at radius 2 is 1.80 bits per heavy atom. The SMILES string of the molecule is Brc1ccc2[nH]ncc2c1.Brc1ccc2c(c1)=C[NH2+]N=2. The summed E-state index contributed by atoms with van der Waals surface area (Å²) in [5, 5.41) is 14.3. The summed E-state index contributed by atoms with van der Waals surface area (Å²) in [5.74, 6) is 0. The summed E-state index contributed by atoms with van der Waals surface area (Å²) >= 11 is 6.76. The number of hydrogen-bond donors (Lipinski definition) is 2. The van der Waals surface area contributed by atoms with Crippen molar-refractivity contribution in [3.8, 4) is 0 Å². The fraction of sp³-hybridized carbons (Fsp3) is 0. The molecule has 0 fully saturated rings. The first-order valence-corrected chi connectivity index (χ1v) is 7.56. The first kappa shape index (κ1) is 13.5. The summed E-state index contributed by atoms with van der Waals surface area (Å²) in [6.45, 7) is 0. The van der Waals surface area contributed by atoms with Gasteiger partial charge in [-0.3, -0.25) is 5.10 Å². The molecular weight excluding hydrogens is 384 g/mol. The van der Waals surface area contributed by atoms with Crippen molar-refractivity contribution in [2.24, 2.45) is 5.10 Å². The fourth-order valence-electron chi connectivity index (χ4n) is 1.89. The van der Waals surface area contributed by atoms with E-state index in [9.17, 15) is 0 Å². The van der Waals surface area contributed by atoms with Gasteiger partial charge in [-0.1, -0.05) is 37.0 Å². The Morgan fingerprint density at radius 3 is 2.70 bits per heavy atom. The molecule has 0 unspecified atom stereocenters. The van der Waals surface area contributed by atoms with Crippen LogP contribution in [-0.4, -0.2) is 10.2 Å². The Labute approximate surface area is 131 Å². The number of H-pyrrole nitrogens is 1. The van der Waals surface area contributed by atoms with E-state index in [4.69, 9.17) is 0 Å². The van der Waals surface area contributed by atoms with Crippen LogP contribution in [0.25, 0.3) is 17.1 Å². The summed E-state index contributed by atoms with van der Waals surface area (Å²) in [6, 6.07) is 12.1. The van der Waals surface area contributed by atoms with Crippen molar-refractivity contribution >= 4 is 49.0 Å². The summed E-state index contributed by atoms with van der Waals surface area (Å²) in [6.07, 6.45) is 3.81. The van der Waals surface area contributed by atoms with Crippen LogP contribution < -0.4 is 16.0 Å². The number of aromatic nitrogens is 2. The van der Waals surface area contributed by atoms with Crippen molar-refractivity contribution in [3.63, 3.8) is 0 Å². The molecule has 4 nitrogen and oxygen atoms in total. The van der Waals surface area contributed by atoms with Gasteiger partial charge in [0.1, 0.15) is 11.6 Å². The highest BCUT2D eigenvalue weighted by molar-refractivity contribution is 9.10. The molecule has 3 aromatic rings. The summed E-state index contributed by atoms with van der Waals surface area (Å²) < 4.78 is 2.19. The van der Waals surface area contributed by atoms with E-state index in [-0.39, 0.29) is 0 Å². The quantitative estimate of drug-likeness (QED) is 0.559. The van der Waals surface area contributed by atoms with Gasteiger partial charge >= 0.3 is 0 Å². The number of rotatable bonds is 0. The van der Waals surface area contributed by atoms with Crippen molar-refractivity contribution in [2.75, 3.05) is 0 Å². The van der Waals surface area contributed by atoms with Gasteiger partial charge in [0.25, 0.3) is 0 Å². The van der Waals surface area contributed by atoms with Crippen LogP contribution in [0.3, 0.4) is 0 Å². The fourth-order valence-corrected chi connectivity index (χ4v) is 2.65. The number of hydrogen-bond acceptors (Lipinski definition) is 2. The zero-order valence-electron chi connectivity index (χ0n) is 10.3. The first-order valence-electron chi connectivity index (χ1n) is 5.98. The third kappa shape index (κ3) is 2.98. The Hall–Kier alpha value is -1.50. The van der Waals surface area contributed by atoms with E-state index in [2.05, 4.69) is 53.2 Å². The molecule has 0 amide bonds. The Balaban J connectivity index is 0.000000121. The average Bonchev–Trinajstić information content (AvgIpc) is 3.06. The summed E-state index contributed by atoms with van der Waals surface area (Å²) in [5.41, 5.74) is 2.89. The average molecular weight is 395 g/mol. The number of quaternary nitrogens is 1. The molecule has 6 heteroatoms. The van der Waals surface area contributed by atoms with Crippen molar-refractivity contribution in [3.05, 3.63) is 62.1 Å². The lowest BCUT2D eigenvalue weighted by Crippen LogP contribution is -2.69. The molecule has 100 valence electrons. The maximum atomic E-state index is 4.14. The van der Waals surface area contributed by atoms with Crippen molar-refractivity contribution in [1.82, 2.24) is 10.2 Å². The van der Waals surface area contributed by atoms with Crippen molar-refractivity contribution < 1.29 is 5.43 Å². The highest BCUT2D eigenvalue weighted by Crippen LogP contribution is 2.16. The van der Waals surface area contributed by atoms with Crippen LogP contribution >= 0.6 is 31.9 Å². The molecule has 0 atom stereocenters. The maximum absolute atomic E-state index is 4.14. The number of nitrogens with one attached hydrogen (secondary N) is 1. The molecule has 0 spiro atoms. The van der Waals surface area contributed by atoms with Gasteiger partial charge in [-0.05, 0) is 36.4 Å². The normalized spacial score (nSPS) is 12.1. The van der Waals surface area contributed by atoms with E-state index in [1.54, 1.807) is 6.20 Å². The molecule has 0 bridgehead atoms. The summed E-state index contributed by atoms with van der Waals surface area (Å²) in [4.78, 5) is 0. The van der Waals surface area contributed by atoms with Crippen LogP contribution in [0.4, 0.5) is 0 Å². The highest BCUT2D eigenvalue weighted by Gasteiger charge is 1.97. The molecule has 0 saturated carbocycles. The lowest BCUT2D eigenvalue weighted by Gasteiger charge is -1.87. The molecular formula is C14H11Br2N4+. The van der Waals surface area contributed by atoms with Gasteiger partial charge in [0.2, 0.25) is 0 Å². The van der Waals surface area contributed by atoms with Crippen LogP contribution in [0.2, 0.25) is 0 Å². The van der Waals surface area contributed by atoms with Crippen LogP contribution in [0.5, 0.6) is 0 Å². The number of fused-ring (bicyclic) bond motifs is 2. The van der Waals surface area contributed by atoms with Crippen molar-refractivity contribution in [1.29, 1.82) is 0 Å². The first-order chi connectivity index (χ1) is 9.72. The maximum Gasteiger partial charge on any atom is 0.131 e. The molecule has 1 aromatic heterocycles. The van der Waals surface area contributed by atoms with Gasteiger partial charge in [0.05, 0.1) is 16.9 Å². The molecule has 1 aliphatic heterocycles. The number of nitrogens with two attached hydrogens (primary N) is 1. The second-order valence-electron chi connectivity index (χ2n) is 4.25. The minimum Gasteiger partial charge on any atom is -0.278 e. The van der Waals surface area contributed by atoms with Gasteiger partial charge in [0.15, 0.2) is 0 Å². The van der Waals surface area contributed by atoms with Gasteiger partial charge < -0.3 is 0 Å². The second kappa shape index (κ2) is 5.87. The standard InChI is InChI=1S/2C7H5BrN2/c2*8-6-1-2-7-5(3-6)4-9-10-7/h2*1-4H,(H,9,10)/p+1. The molecule has 0 radical (unpaired) electrons. The monoisotopic (exact) mass is 393 g/mol. The van der Waals surface area contributed by atoms with Gasteiger partial charge in [-0.2, -0.15) is 10.5 Å².